The van der Waals surface area contributed by atoms with Crippen molar-refractivity contribution < 1.29 is 9.59 Å². The van der Waals surface area contributed by atoms with Crippen LogP contribution in [0.3, 0.4) is 0 Å². The Hall–Kier alpha value is -2.82. The van der Waals surface area contributed by atoms with Crippen molar-refractivity contribution >= 4 is 23.3 Å². The Labute approximate surface area is 148 Å². The first-order chi connectivity index (χ1) is 12.1. The van der Waals surface area contributed by atoms with Crippen molar-refractivity contribution in [3.05, 3.63) is 59.7 Å². The smallest absolute Gasteiger partial charge is 0.319 e. The van der Waals surface area contributed by atoms with E-state index in [2.05, 4.69) is 10.6 Å². The Kier molecular flexibility index (Phi) is 5.03. The SMILES string of the molecule is CCc1ccccc1NC(=O)N[C@H]1CCN(c2ccc(C)cc2)C1=O. The molecule has 1 atom stereocenters. The first-order valence-corrected chi connectivity index (χ1v) is 8.62. The van der Waals surface area contributed by atoms with Gasteiger partial charge in [0.05, 0.1) is 0 Å². The lowest BCUT2D eigenvalue weighted by Gasteiger charge is -2.18. The van der Waals surface area contributed by atoms with Crippen molar-refractivity contribution in [2.24, 2.45) is 0 Å². The molecule has 2 aromatic rings. The van der Waals surface area contributed by atoms with E-state index in [1.807, 2.05) is 62.4 Å². The molecule has 1 fully saturated rings. The maximum atomic E-state index is 12.6. The zero-order valence-corrected chi connectivity index (χ0v) is 14.6. The number of nitrogens with zero attached hydrogens (tertiary/aromatic N) is 1. The number of aryl methyl sites for hydroxylation is 2. The number of para-hydroxylation sites is 1. The van der Waals surface area contributed by atoms with Crippen LogP contribution < -0.4 is 15.5 Å². The summed E-state index contributed by atoms with van der Waals surface area (Å²) in [6, 6.07) is 14.7. The number of anilines is 2. The molecule has 0 aromatic heterocycles. The van der Waals surface area contributed by atoms with Crippen molar-refractivity contribution in [3.8, 4) is 0 Å². The van der Waals surface area contributed by atoms with E-state index in [0.717, 1.165) is 28.9 Å². The first kappa shape index (κ1) is 17.0. The third kappa shape index (κ3) is 3.82. The summed E-state index contributed by atoms with van der Waals surface area (Å²) in [7, 11) is 0. The molecule has 25 heavy (non-hydrogen) atoms. The fourth-order valence-corrected chi connectivity index (χ4v) is 3.06. The van der Waals surface area contributed by atoms with Crippen LogP contribution in [0.5, 0.6) is 0 Å². The van der Waals surface area contributed by atoms with Gasteiger partial charge in [0.25, 0.3) is 0 Å². The van der Waals surface area contributed by atoms with Crippen LogP contribution in [0.4, 0.5) is 16.2 Å². The average molecular weight is 337 g/mol. The summed E-state index contributed by atoms with van der Waals surface area (Å²) in [4.78, 5) is 26.6. The molecular weight excluding hydrogens is 314 g/mol. The molecule has 1 aliphatic heterocycles. The van der Waals surface area contributed by atoms with Crippen LogP contribution in [0.25, 0.3) is 0 Å². The quantitative estimate of drug-likeness (QED) is 0.897. The van der Waals surface area contributed by atoms with Gasteiger partial charge in [-0.15, -0.1) is 0 Å². The normalized spacial score (nSPS) is 16.8. The second-order valence-corrected chi connectivity index (χ2v) is 6.28. The molecule has 1 heterocycles. The molecule has 0 radical (unpaired) electrons. The largest absolute Gasteiger partial charge is 0.326 e. The minimum Gasteiger partial charge on any atom is -0.326 e. The van der Waals surface area contributed by atoms with E-state index in [0.29, 0.717) is 13.0 Å². The number of hydrogen-bond acceptors (Lipinski definition) is 2. The summed E-state index contributed by atoms with van der Waals surface area (Å²) in [5.41, 5.74) is 3.87. The van der Waals surface area contributed by atoms with Crippen molar-refractivity contribution in [1.29, 1.82) is 0 Å². The summed E-state index contributed by atoms with van der Waals surface area (Å²) < 4.78 is 0. The molecule has 5 nitrogen and oxygen atoms in total. The highest BCUT2D eigenvalue weighted by Gasteiger charge is 2.33. The van der Waals surface area contributed by atoms with E-state index >= 15 is 0 Å². The van der Waals surface area contributed by atoms with Crippen molar-refractivity contribution in [3.63, 3.8) is 0 Å². The highest BCUT2D eigenvalue weighted by molar-refractivity contribution is 6.02. The number of rotatable bonds is 4. The topological polar surface area (TPSA) is 61.4 Å². The van der Waals surface area contributed by atoms with Crippen LogP contribution in [-0.4, -0.2) is 24.5 Å². The summed E-state index contributed by atoms with van der Waals surface area (Å²) in [5.74, 6) is -0.0669. The predicted octanol–water partition coefficient (Wildman–Crippen LogP) is 3.48. The van der Waals surface area contributed by atoms with Gasteiger partial charge in [0.2, 0.25) is 5.91 Å². The van der Waals surface area contributed by atoms with Gasteiger partial charge in [-0.05, 0) is 43.5 Å². The Morgan fingerprint density at radius 2 is 1.88 bits per heavy atom. The Morgan fingerprint density at radius 3 is 2.60 bits per heavy atom. The fraction of sp³-hybridized carbons (Fsp3) is 0.300. The average Bonchev–Trinajstić information content (AvgIpc) is 2.97. The van der Waals surface area contributed by atoms with Gasteiger partial charge in [-0.3, -0.25) is 4.79 Å². The number of nitrogens with one attached hydrogen (secondary N) is 2. The van der Waals surface area contributed by atoms with Gasteiger partial charge in [-0.2, -0.15) is 0 Å². The van der Waals surface area contributed by atoms with E-state index in [-0.39, 0.29) is 11.9 Å². The van der Waals surface area contributed by atoms with Crippen LogP contribution in [0.2, 0.25) is 0 Å². The van der Waals surface area contributed by atoms with E-state index in [9.17, 15) is 9.59 Å². The van der Waals surface area contributed by atoms with E-state index < -0.39 is 6.04 Å². The van der Waals surface area contributed by atoms with Crippen molar-refractivity contribution in [2.75, 3.05) is 16.8 Å². The molecule has 1 saturated heterocycles. The minimum absolute atomic E-state index is 0.0669. The van der Waals surface area contributed by atoms with E-state index in [1.54, 1.807) is 4.90 Å². The molecule has 0 spiro atoms. The van der Waals surface area contributed by atoms with Crippen LogP contribution in [0.15, 0.2) is 48.5 Å². The first-order valence-electron chi connectivity index (χ1n) is 8.62. The van der Waals surface area contributed by atoms with Gasteiger partial charge in [-0.25, -0.2) is 4.79 Å². The summed E-state index contributed by atoms with van der Waals surface area (Å²) in [5, 5.41) is 5.65. The van der Waals surface area contributed by atoms with Crippen LogP contribution in [0, 0.1) is 6.92 Å². The zero-order chi connectivity index (χ0) is 17.8. The van der Waals surface area contributed by atoms with Crippen molar-refractivity contribution in [1.82, 2.24) is 5.32 Å². The Morgan fingerprint density at radius 1 is 1.16 bits per heavy atom. The maximum Gasteiger partial charge on any atom is 0.319 e. The van der Waals surface area contributed by atoms with Crippen LogP contribution >= 0.6 is 0 Å². The molecule has 2 N–H and O–H groups in total. The lowest BCUT2D eigenvalue weighted by molar-refractivity contribution is -0.118. The minimum atomic E-state index is -0.491. The summed E-state index contributed by atoms with van der Waals surface area (Å²) >= 11 is 0. The molecule has 5 heteroatoms. The fourth-order valence-electron chi connectivity index (χ4n) is 3.06. The summed E-state index contributed by atoms with van der Waals surface area (Å²) in [6.07, 6.45) is 1.44. The van der Waals surface area contributed by atoms with Crippen molar-refractivity contribution in [2.45, 2.75) is 32.7 Å². The predicted molar refractivity (Wildman–Crippen MR) is 99.9 cm³/mol. The molecule has 3 amide bonds. The standard InChI is InChI=1S/C20H23N3O2/c1-3-15-6-4-5-7-17(15)21-20(25)22-18-12-13-23(19(18)24)16-10-8-14(2)9-11-16/h4-11,18H,3,12-13H2,1-2H3,(H2,21,22,25)/t18-/m0/s1. The number of carbonyl (C=O) groups is 2. The lowest BCUT2D eigenvalue weighted by Crippen LogP contribution is -2.43. The highest BCUT2D eigenvalue weighted by atomic mass is 16.2. The molecule has 130 valence electrons. The molecule has 1 aliphatic rings. The zero-order valence-electron chi connectivity index (χ0n) is 14.6. The van der Waals surface area contributed by atoms with E-state index in [4.69, 9.17) is 0 Å². The van der Waals surface area contributed by atoms with Gasteiger partial charge in [0.15, 0.2) is 0 Å². The van der Waals surface area contributed by atoms with E-state index in [1.165, 1.54) is 0 Å². The monoisotopic (exact) mass is 337 g/mol. The van der Waals surface area contributed by atoms with Crippen LogP contribution in [0.1, 0.15) is 24.5 Å². The van der Waals surface area contributed by atoms with Gasteiger partial charge in [-0.1, -0.05) is 42.8 Å². The third-order valence-corrected chi connectivity index (χ3v) is 4.50. The lowest BCUT2D eigenvalue weighted by atomic mass is 10.1. The Bertz CT molecular complexity index is 771. The third-order valence-electron chi connectivity index (χ3n) is 4.50. The molecule has 2 aromatic carbocycles. The maximum absolute atomic E-state index is 12.6. The Balaban J connectivity index is 1.62. The molecule has 0 aliphatic carbocycles. The highest BCUT2D eigenvalue weighted by Crippen LogP contribution is 2.22. The second kappa shape index (κ2) is 7.38. The molecule has 0 bridgehead atoms. The van der Waals surface area contributed by atoms with Gasteiger partial charge in [0, 0.05) is 17.9 Å². The number of benzene rings is 2. The van der Waals surface area contributed by atoms with Gasteiger partial charge >= 0.3 is 6.03 Å². The number of hydrogen-bond donors (Lipinski definition) is 2. The molecule has 0 unspecified atom stereocenters. The van der Waals surface area contributed by atoms with Gasteiger partial charge < -0.3 is 15.5 Å². The number of carbonyl (C=O) groups excluding carboxylic acids is 2. The molecule has 3 rings (SSSR count). The number of urea groups is 1. The summed E-state index contributed by atoms with van der Waals surface area (Å²) in [6.45, 7) is 4.66. The number of amides is 3. The second-order valence-electron chi connectivity index (χ2n) is 6.28. The molecular formula is C20H23N3O2. The molecule has 0 saturated carbocycles. The van der Waals surface area contributed by atoms with Gasteiger partial charge in [0.1, 0.15) is 6.04 Å². The van der Waals surface area contributed by atoms with Crippen LogP contribution in [-0.2, 0) is 11.2 Å².